The summed E-state index contributed by atoms with van der Waals surface area (Å²) < 4.78 is 28.7. The summed E-state index contributed by atoms with van der Waals surface area (Å²) in [6, 6.07) is 6.20. The lowest BCUT2D eigenvalue weighted by atomic mass is 10.1. The van der Waals surface area contributed by atoms with Crippen LogP contribution in [0.4, 0.5) is 13.9 Å². The second-order valence-corrected chi connectivity index (χ2v) is 6.59. The Morgan fingerprint density at radius 2 is 2.04 bits per heavy atom. The van der Waals surface area contributed by atoms with Crippen LogP contribution in [0.15, 0.2) is 24.3 Å². The standard InChI is InChI=1S/C16H19F2N3O2S/c1-9(19)3-8-13(22)20-16-21-14(10(2)24-16)11-4-6-12(7-5-11)23-15(17)18/h4-7,9,15H,3,8,19H2,1-2H3,(H,20,21,22). The van der Waals surface area contributed by atoms with Crippen LogP contribution in [0, 0.1) is 6.92 Å². The van der Waals surface area contributed by atoms with E-state index >= 15 is 0 Å². The lowest BCUT2D eigenvalue weighted by molar-refractivity contribution is -0.116. The topological polar surface area (TPSA) is 77.2 Å². The third-order valence-corrected chi connectivity index (χ3v) is 4.11. The molecule has 2 rings (SSSR count). The monoisotopic (exact) mass is 355 g/mol. The minimum atomic E-state index is -2.85. The van der Waals surface area contributed by atoms with E-state index in [1.807, 2.05) is 13.8 Å². The number of aromatic nitrogens is 1. The zero-order valence-electron chi connectivity index (χ0n) is 13.4. The van der Waals surface area contributed by atoms with E-state index in [9.17, 15) is 13.6 Å². The molecule has 0 spiro atoms. The molecule has 1 heterocycles. The van der Waals surface area contributed by atoms with Crippen molar-refractivity contribution < 1.29 is 18.3 Å². The molecule has 24 heavy (non-hydrogen) atoms. The van der Waals surface area contributed by atoms with Gasteiger partial charge in [0.25, 0.3) is 0 Å². The van der Waals surface area contributed by atoms with Crippen molar-refractivity contribution in [3.63, 3.8) is 0 Å². The zero-order valence-corrected chi connectivity index (χ0v) is 14.2. The van der Waals surface area contributed by atoms with Gasteiger partial charge in [-0.05, 0) is 44.5 Å². The number of ether oxygens (including phenoxy) is 1. The summed E-state index contributed by atoms with van der Waals surface area (Å²) in [4.78, 5) is 17.2. The molecule has 2 aromatic rings. The SMILES string of the molecule is Cc1sc(NC(=O)CCC(C)N)nc1-c1ccc(OC(F)F)cc1. The summed E-state index contributed by atoms with van der Waals surface area (Å²) in [6.07, 6.45) is 0.944. The van der Waals surface area contributed by atoms with Gasteiger partial charge in [-0.3, -0.25) is 4.79 Å². The van der Waals surface area contributed by atoms with E-state index in [1.54, 1.807) is 12.1 Å². The van der Waals surface area contributed by atoms with Crippen LogP contribution in [0.25, 0.3) is 11.3 Å². The van der Waals surface area contributed by atoms with E-state index in [-0.39, 0.29) is 17.7 Å². The quantitative estimate of drug-likeness (QED) is 0.792. The number of hydrogen-bond donors (Lipinski definition) is 2. The lowest BCUT2D eigenvalue weighted by Gasteiger charge is -2.05. The molecular weight excluding hydrogens is 336 g/mol. The molecule has 0 aliphatic carbocycles. The fourth-order valence-corrected chi connectivity index (χ4v) is 2.90. The van der Waals surface area contributed by atoms with Gasteiger partial charge in [0.1, 0.15) is 5.75 Å². The first-order valence-electron chi connectivity index (χ1n) is 7.43. The number of halogens is 2. The van der Waals surface area contributed by atoms with Crippen LogP contribution in [-0.4, -0.2) is 23.5 Å². The molecule has 1 aromatic carbocycles. The molecule has 1 unspecified atom stereocenters. The molecule has 0 aliphatic heterocycles. The van der Waals surface area contributed by atoms with Crippen molar-refractivity contribution in [3.8, 4) is 17.0 Å². The van der Waals surface area contributed by atoms with Crippen LogP contribution in [-0.2, 0) is 4.79 Å². The van der Waals surface area contributed by atoms with E-state index < -0.39 is 6.61 Å². The predicted molar refractivity (Wildman–Crippen MR) is 90.4 cm³/mol. The fourth-order valence-electron chi connectivity index (χ4n) is 2.05. The summed E-state index contributed by atoms with van der Waals surface area (Å²) in [6.45, 7) is 0.879. The Hall–Kier alpha value is -2.06. The first-order valence-corrected chi connectivity index (χ1v) is 8.25. The number of alkyl halides is 2. The number of benzene rings is 1. The van der Waals surface area contributed by atoms with Crippen LogP contribution in [0.1, 0.15) is 24.6 Å². The molecule has 8 heteroatoms. The second-order valence-electron chi connectivity index (χ2n) is 5.39. The number of nitrogens with zero attached hydrogens (tertiary/aromatic N) is 1. The average Bonchev–Trinajstić information content (AvgIpc) is 2.86. The Kier molecular flexibility index (Phi) is 6.22. The highest BCUT2D eigenvalue weighted by molar-refractivity contribution is 7.16. The highest BCUT2D eigenvalue weighted by atomic mass is 32.1. The number of carbonyl (C=O) groups excluding carboxylic acids is 1. The van der Waals surface area contributed by atoms with Crippen molar-refractivity contribution in [2.45, 2.75) is 39.3 Å². The first kappa shape index (κ1) is 18.3. The smallest absolute Gasteiger partial charge is 0.387 e. The zero-order chi connectivity index (χ0) is 17.7. The van der Waals surface area contributed by atoms with Crippen molar-refractivity contribution in [2.24, 2.45) is 5.73 Å². The molecule has 1 atom stereocenters. The van der Waals surface area contributed by atoms with Gasteiger partial charge in [0.05, 0.1) is 5.69 Å². The number of amides is 1. The summed E-state index contributed by atoms with van der Waals surface area (Å²) in [5.41, 5.74) is 7.10. The third-order valence-electron chi connectivity index (χ3n) is 3.22. The average molecular weight is 355 g/mol. The van der Waals surface area contributed by atoms with Crippen molar-refractivity contribution in [2.75, 3.05) is 5.32 Å². The molecule has 0 saturated carbocycles. The Bertz CT molecular complexity index is 687. The van der Waals surface area contributed by atoms with Gasteiger partial charge in [-0.2, -0.15) is 8.78 Å². The van der Waals surface area contributed by atoms with E-state index in [2.05, 4.69) is 15.0 Å². The number of carbonyl (C=O) groups is 1. The number of aryl methyl sites for hydroxylation is 1. The highest BCUT2D eigenvalue weighted by Gasteiger charge is 2.13. The van der Waals surface area contributed by atoms with Crippen LogP contribution in [0.3, 0.4) is 0 Å². The van der Waals surface area contributed by atoms with Crippen LogP contribution in [0.2, 0.25) is 0 Å². The van der Waals surface area contributed by atoms with Gasteiger partial charge in [0.15, 0.2) is 5.13 Å². The van der Waals surface area contributed by atoms with Gasteiger partial charge in [-0.1, -0.05) is 0 Å². The van der Waals surface area contributed by atoms with Crippen LogP contribution >= 0.6 is 11.3 Å². The minimum Gasteiger partial charge on any atom is -0.435 e. The molecule has 5 nitrogen and oxygen atoms in total. The Balaban J connectivity index is 2.06. The predicted octanol–water partition coefficient (Wildman–Crippen LogP) is 3.79. The number of hydrogen-bond acceptors (Lipinski definition) is 5. The molecule has 0 aliphatic rings. The molecule has 130 valence electrons. The summed E-state index contributed by atoms with van der Waals surface area (Å²) in [5, 5.41) is 3.26. The van der Waals surface area contributed by atoms with Gasteiger partial charge >= 0.3 is 6.61 Å². The van der Waals surface area contributed by atoms with Gasteiger partial charge in [0, 0.05) is 22.9 Å². The van der Waals surface area contributed by atoms with Gasteiger partial charge in [-0.15, -0.1) is 11.3 Å². The van der Waals surface area contributed by atoms with E-state index in [0.717, 1.165) is 10.4 Å². The number of anilines is 1. The molecule has 0 bridgehead atoms. The van der Waals surface area contributed by atoms with Gasteiger partial charge in [-0.25, -0.2) is 4.98 Å². The molecule has 1 aromatic heterocycles. The molecular formula is C16H19F2N3O2S. The molecule has 1 amide bonds. The molecule has 0 radical (unpaired) electrons. The Labute approximate surface area is 142 Å². The largest absolute Gasteiger partial charge is 0.435 e. The number of rotatable bonds is 7. The fraction of sp³-hybridized carbons (Fsp3) is 0.375. The second kappa shape index (κ2) is 8.16. The Morgan fingerprint density at radius 1 is 1.38 bits per heavy atom. The number of nitrogens with two attached hydrogens (primary N) is 1. The van der Waals surface area contributed by atoms with Gasteiger partial charge in [0.2, 0.25) is 5.91 Å². The summed E-state index contributed by atoms with van der Waals surface area (Å²) in [7, 11) is 0. The van der Waals surface area contributed by atoms with Crippen molar-refractivity contribution in [1.82, 2.24) is 4.98 Å². The van der Waals surface area contributed by atoms with E-state index in [1.165, 1.54) is 23.5 Å². The van der Waals surface area contributed by atoms with E-state index in [0.29, 0.717) is 23.7 Å². The highest BCUT2D eigenvalue weighted by Crippen LogP contribution is 2.31. The van der Waals surface area contributed by atoms with Crippen LogP contribution < -0.4 is 15.8 Å². The van der Waals surface area contributed by atoms with E-state index in [4.69, 9.17) is 5.73 Å². The van der Waals surface area contributed by atoms with Crippen molar-refractivity contribution in [3.05, 3.63) is 29.1 Å². The molecule has 3 N–H and O–H groups in total. The van der Waals surface area contributed by atoms with Crippen molar-refractivity contribution >= 4 is 22.4 Å². The normalized spacial score (nSPS) is 12.2. The number of nitrogens with one attached hydrogen (secondary N) is 1. The summed E-state index contributed by atoms with van der Waals surface area (Å²) >= 11 is 1.36. The molecule has 0 fully saturated rings. The lowest BCUT2D eigenvalue weighted by Crippen LogP contribution is -2.19. The van der Waals surface area contributed by atoms with Crippen molar-refractivity contribution in [1.29, 1.82) is 0 Å². The Morgan fingerprint density at radius 3 is 2.62 bits per heavy atom. The maximum absolute atomic E-state index is 12.2. The minimum absolute atomic E-state index is 0.0293. The third kappa shape index (κ3) is 5.24. The first-order chi connectivity index (χ1) is 11.3. The van der Waals surface area contributed by atoms with Gasteiger partial charge < -0.3 is 15.8 Å². The molecule has 0 saturated heterocycles. The number of thiazole rings is 1. The van der Waals surface area contributed by atoms with Crippen LogP contribution in [0.5, 0.6) is 5.75 Å². The maximum Gasteiger partial charge on any atom is 0.387 e. The summed E-state index contributed by atoms with van der Waals surface area (Å²) in [5.74, 6) is -0.0423. The maximum atomic E-state index is 12.2.